The zero-order chi connectivity index (χ0) is 18.4. The van der Waals surface area contributed by atoms with Crippen LogP contribution in [0.4, 0.5) is 0 Å². The molecule has 2 N–H and O–H groups in total. The summed E-state index contributed by atoms with van der Waals surface area (Å²) in [5.41, 5.74) is 0. The Balaban J connectivity index is 1.28. The molecule has 142 valence electrons. The topological polar surface area (TPSA) is 85.9 Å². The van der Waals surface area contributed by atoms with Crippen LogP contribution >= 0.6 is 0 Å². The van der Waals surface area contributed by atoms with Gasteiger partial charge in [-0.25, -0.2) is 0 Å². The summed E-state index contributed by atoms with van der Waals surface area (Å²) in [6.07, 6.45) is 2.78. The van der Waals surface area contributed by atoms with Crippen LogP contribution in [0, 0.1) is 11.8 Å². The summed E-state index contributed by atoms with van der Waals surface area (Å²) in [6.45, 7) is 2.10. The van der Waals surface area contributed by atoms with Crippen LogP contribution < -0.4 is 20.1 Å². The van der Waals surface area contributed by atoms with E-state index < -0.39 is 0 Å². The Morgan fingerprint density at radius 3 is 2.46 bits per heavy atom. The van der Waals surface area contributed by atoms with Crippen molar-refractivity contribution in [1.82, 2.24) is 10.6 Å². The van der Waals surface area contributed by atoms with Crippen LogP contribution in [0.3, 0.4) is 0 Å². The van der Waals surface area contributed by atoms with E-state index in [4.69, 9.17) is 14.2 Å². The summed E-state index contributed by atoms with van der Waals surface area (Å²) in [7, 11) is 1.61. The predicted octanol–water partition coefficient (Wildman–Crippen LogP) is 1.12. The van der Waals surface area contributed by atoms with Crippen molar-refractivity contribution in [3.8, 4) is 11.5 Å². The molecular weight excluding hydrogens is 336 g/mol. The number of hydrogen-bond acceptors (Lipinski definition) is 5. The molecule has 1 aromatic rings. The van der Waals surface area contributed by atoms with Crippen LogP contribution in [-0.4, -0.2) is 51.3 Å². The number of nitrogens with one attached hydrogen (secondary N) is 2. The third-order valence-electron chi connectivity index (χ3n) is 4.72. The highest BCUT2D eigenvalue weighted by molar-refractivity contribution is 5.92. The second-order valence-corrected chi connectivity index (χ2v) is 6.64. The molecule has 3 unspecified atom stereocenters. The zero-order valence-corrected chi connectivity index (χ0v) is 15.0. The molecule has 2 aliphatic rings. The summed E-state index contributed by atoms with van der Waals surface area (Å²) >= 11 is 0. The summed E-state index contributed by atoms with van der Waals surface area (Å²) in [5.74, 6) is 0.927. The Morgan fingerprint density at radius 2 is 1.81 bits per heavy atom. The van der Waals surface area contributed by atoms with Gasteiger partial charge in [0.05, 0.1) is 31.6 Å². The van der Waals surface area contributed by atoms with Crippen LogP contribution in [-0.2, 0) is 14.3 Å². The number of ether oxygens (including phenoxy) is 3. The minimum atomic E-state index is -0.222. The van der Waals surface area contributed by atoms with Crippen LogP contribution in [0.15, 0.2) is 24.3 Å². The molecule has 0 aromatic heterocycles. The van der Waals surface area contributed by atoms with Gasteiger partial charge < -0.3 is 24.8 Å². The molecule has 7 nitrogen and oxygen atoms in total. The highest BCUT2D eigenvalue weighted by Crippen LogP contribution is 2.38. The molecule has 1 saturated heterocycles. The van der Waals surface area contributed by atoms with Gasteiger partial charge in [-0.3, -0.25) is 9.59 Å². The molecule has 0 spiro atoms. The minimum Gasteiger partial charge on any atom is -0.497 e. The minimum absolute atomic E-state index is 0.0462. The van der Waals surface area contributed by atoms with Crippen molar-refractivity contribution in [2.45, 2.75) is 25.4 Å². The molecule has 3 atom stereocenters. The van der Waals surface area contributed by atoms with Gasteiger partial charge in [-0.2, -0.15) is 0 Å². The molecule has 0 bridgehead atoms. The number of amides is 2. The quantitative estimate of drug-likeness (QED) is 0.643. The predicted molar refractivity (Wildman–Crippen MR) is 95.1 cm³/mol. The van der Waals surface area contributed by atoms with Crippen molar-refractivity contribution in [1.29, 1.82) is 0 Å². The standard InChI is InChI=1S/C19H26N2O5/c1-24-13-4-6-14(7-5-13)26-10-8-20-18(22)16-11-17(16)19(23)21-12-15-3-2-9-25-15/h4-7,15-17H,2-3,8-12H2,1H3,(H,20,22)(H,21,23). The molecule has 7 heteroatoms. The molecule has 1 aromatic carbocycles. The first kappa shape index (κ1) is 18.5. The zero-order valence-electron chi connectivity index (χ0n) is 15.0. The van der Waals surface area contributed by atoms with E-state index in [2.05, 4.69) is 10.6 Å². The summed E-state index contributed by atoms with van der Waals surface area (Å²) < 4.78 is 16.1. The highest BCUT2D eigenvalue weighted by atomic mass is 16.5. The van der Waals surface area contributed by atoms with Crippen molar-refractivity contribution < 1.29 is 23.8 Å². The monoisotopic (exact) mass is 362 g/mol. The Labute approximate surface area is 153 Å². The summed E-state index contributed by atoms with van der Waals surface area (Å²) in [5, 5.41) is 5.72. The molecule has 1 heterocycles. The smallest absolute Gasteiger partial charge is 0.224 e. The Kier molecular flexibility index (Phi) is 6.33. The van der Waals surface area contributed by atoms with Crippen molar-refractivity contribution >= 4 is 11.8 Å². The molecule has 1 saturated carbocycles. The molecule has 0 radical (unpaired) electrons. The van der Waals surface area contributed by atoms with Gasteiger partial charge in [-0.05, 0) is 43.5 Å². The first-order valence-corrected chi connectivity index (χ1v) is 9.11. The first-order chi connectivity index (χ1) is 12.7. The second-order valence-electron chi connectivity index (χ2n) is 6.64. The average Bonchev–Trinajstić information content (AvgIpc) is 3.31. The van der Waals surface area contributed by atoms with Crippen molar-refractivity contribution in [2.75, 3.05) is 33.4 Å². The molecule has 26 heavy (non-hydrogen) atoms. The lowest BCUT2D eigenvalue weighted by atomic mass is 10.2. The number of rotatable bonds is 9. The van der Waals surface area contributed by atoms with Gasteiger partial charge in [0.25, 0.3) is 0 Å². The fourth-order valence-electron chi connectivity index (χ4n) is 3.07. The third kappa shape index (κ3) is 5.11. The van der Waals surface area contributed by atoms with E-state index in [1.807, 2.05) is 24.3 Å². The molecule has 3 rings (SSSR count). The van der Waals surface area contributed by atoms with Crippen LogP contribution in [0.25, 0.3) is 0 Å². The fraction of sp³-hybridized carbons (Fsp3) is 0.579. The molecule has 1 aliphatic carbocycles. The fourth-order valence-corrected chi connectivity index (χ4v) is 3.07. The molecule has 2 fully saturated rings. The molecule has 2 amide bonds. The van der Waals surface area contributed by atoms with Crippen LogP contribution in [0.1, 0.15) is 19.3 Å². The van der Waals surface area contributed by atoms with Gasteiger partial charge in [0, 0.05) is 13.2 Å². The third-order valence-corrected chi connectivity index (χ3v) is 4.72. The lowest BCUT2D eigenvalue weighted by Crippen LogP contribution is -2.35. The van der Waals surface area contributed by atoms with E-state index >= 15 is 0 Å². The number of benzene rings is 1. The van der Waals surface area contributed by atoms with Crippen LogP contribution in [0.5, 0.6) is 11.5 Å². The lowest BCUT2D eigenvalue weighted by Gasteiger charge is -2.11. The average molecular weight is 362 g/mol. The summed E-state index contributed by atoms with van der Waals surface area (Å²) in [6, 6.07) is 7.27. The van der Waals surface area contributed by atoms with E-state index in [-0.39, 0.29) is 29.8 Å². The first-order valence-electron chi connectivity index (χ1n) is 9.11. The number of carbonyl (C=O) groups excluding carboxylic acids is 2. The van der Waals surface area contributed by atoms with Crippen molar-refractivity contribution in [2.24, 2.45) is 11.8 Å². The largest absolute Gasteiger partial charge is 0.497 e. The van der Waals surface area contributed by atoms with E-state index in [1.54, 1.807) is 7.11 Å². The second kappa shape index (κ2) is 8.89. The Hall–Kier alpha value is -2.28. The number of hydrogen-bond donors (Lipinski definition) is 2. The van der Waals surface area contributed by atoms with Gasteiger partial charge in [-0.1, -0.05) is 0 Å². The number of methoxy groups -OCH3 is 1. The van der Waals surface area contributed by atoms with Crippen molar-refractivity contribution in [3.05, 3.63) is 24.3 Å². The molecule has 1 aliphatic heterocycles. The maximum Gasteiger partial charge on any atom is 0.224 e. The Morgan fingerprint density at radius 1 is 1.12 bits per heavy atom. The highest BCUT2D eigenvalue weighted by Gasteiger charge is 2.47. The maximum atomic E-state index is 12.1. The van der Waals surface area contributed by atoms with Gasteiger partial charge in [0.1, 0.15) is 18.1 Å². The van der Waals surface area contributed by atoms with Crippen LogP contribution in [0.2, 0.25) is 0 Å². The van der Waals surface area contributed by atoms with E-state index in [0.29, 0.717) is 26.1 Å². The lowest BCUT2D eigenvalue weighted by molar-refractivity contribution is -0.127. The summed E-state index contributed by atoms with van der Waals surface area (Å²) in [4.78, 5) is 24.2. The van der Waals surface area contributed by atoms with Crippen molar-refractivity contribution in [3.63, 3.8) is 0 Å². The van der Waals surface area contributed by atoms with Gasteiger partial charge in [0.2, 0.25) is 11.8 Å². The van der Waals surface area contributed by atoms with Gasteiger partial charge in [0.15, 0.2) is 0 Å². The van der Waals surface area contributed by atoms with E-state index in [0.717, 1.165) is 30.9 Å². The van der Waals surface area contributed by atoms with Gasteiger partial charge >= 0.3 is 0 Å². The van der Waals surface area contributed by atoms with E-state index in [1.165, 1.54) is 0 Å². The number of carbonyl (C=O) groups is 2. The van der Waals surface area contributed by atoms with Gasteiger partial charge in [-0.15, -0.1) is 0 Å². The molecular formula is C19H26N2O5. The van der Waals surface area contributed by atoms with E-state index in [9.17, 15) is 9.59 Å². The SMILES string of the molecule is COc1ccc(OCCNC(=O)C2CC2C(=O)NCC2CCCO2)cc1. The Bertz CT molecular complexity index is 613. The normalized spacial score (nSPS) is 24.0. The maximum absolute atomic E-state index is 12.1.